The Balaban J connectivity index is 1.58. The van der Waals surface area contributed by atoms with Crippen molar-refractivity contribution in [2.45, 2.75) is 50.7 Å². The summed E-state index contributed by atoms with van der Waals surface area (Å²) in [5.74, 6) is 1.54. The SMILES string of the molecule is COC(C)(C(=O)N1CCCC(c2nnc3n2CCC3)C1)c1ccccc1F. The molecular weight excluding hydrogens is 347 g/mol. The number of fused-ring (bicyclic) bond motifs is 1. The molecule has 1 fully saturated rings. The molecule has 0 bridgehead atoms. The molecule has 2 aliphatic rings. The van der Waals surface area contributed by atoms with Gasteiger partial charge >= 0.3 is 0 Å². The highest BCUT2D eigenvalue weighted by Crippen LogP contribution is 2.34. The van der Waals surface area contributed by atoms with Crippen molar-refractivity contribution in [1.29, 1.82) is 0 Å². The lowest BCUT2D eigenvalue weighted by Gasteiger charge is -2.38. The molecule has 3 heterocycles. The summed E-state index contributed by atoms with van der Waals surface area (Å²) in [4.78, 5) is 15.1. The smallest absolute Gasteiger partial charge is 0.259 e. The maximum atomic E-state index is 14.4. The first-order valence-electron chi connectivity index (χ1n) is 9.56. The molecule has 1 amide bonds. The van der Waals surface area contributed by atoms with Gasteiger partial charge in [0, 0.05) is 44.6 Å². The van der Waals surface area contributed by atoms with Crippen LogP contribution < -0.4 is 0 Å². The van der Waals surface area contributed by atoms with E-state index in [-0.39, 0.29) is 17.4 Å². The highest BCUT2D eigenvalue weighted by Gasteiger charge is 2.42. The number of aryl methyl sites for hydroxylation is 1. The summed E-state index contributed by atoms with van der Waals surface area (Å²) in [5.41, 5.74) is -1.08. The maximum Gasteiger partial charge on any atom is 0.259 e. The van der Waals surface area contributed by atoms with Gasteiger partial charge in [0.15, 0.2) is 5.60 Å². The molecule has 0 N–H and O–H groups in total. The van der Waals surface area contributed by atoms with Crippen LogP contribution >= 0.6 is 0 Å². The number of rotatable bonds is 4. The predicted octanol–water partition coefficient (Wildman–Crippen LogP) is 2.63. The predicted molar refractivity (Wildman–Crippen MR) is 97.7 cm³/mol. The Hall–Kier alpha value is -2.28. The molecule has 6 nitrogen and oxygen atoms in total. The van der Waals surface area contributed by atoms with E-state index in [1.165, 1.54) is 13.2 Å². The van der Waals surface area contributed by atoms with E-state index in [2.05, 4.69) is 14.8 Å². The van der Waals surface area contributed by atoms with E-state index in [1.54, 1.807) is 30.0 Å². The second kappa shape index (κ2) is 7.03. The van der Waals surface area contributed by atoms with Crippen LogP contribution in [0.1, 0.15) is 49.3 Å². The van der Waals surface area contributed by atoms with Crippen LogP contribution in [0.15, 0.2) is 24.3 Å². The summed E-state index contributed by atoms with van der Waals surface area (Å²) in [6, 6.07) is 6.31. The first kappa shape index (κ1) is 18.1. The fraction of sp³-hybridized carbons (Fsp3) is 0.550. The minimum Gasteiger partial charge on any atom is -0.364 e. The number of halogens is 1. The van der Waals surface area contributed by atoms with Gasteiger partial charge in [-0.05, 0) is 32.3 Å². The van der Waals surface area contributed by atoms with Gasteiger partial charge in [0.05, 0.1) is 0 Å². The highest BCUT2D eigenvalue weighted by molar-refractivity contribution is 5.86. The van der Waals surface area contributed by atoms with Gasteiger partial charge in [0.25, 0.3) is 5.91 Å². The van der Waals surface area contributed by atoms with Crippen molar-refractivity contribution in [1.82, 2.24) is 19.7 Å². The zero-order valence-corrected chi connectivity index (χ0v) is 15.8. The molecule has 0 spiro atoms. The number of carbonyl (C=O) groups is 1. The van der Waals surface area contributed by atoms with Gasteiger partial charge < -0.3 is 14.2 Å². The third kappa shape index (κ3) is 3.04. The number of benzene rings is 1. The number of amides is 1. The third-order valence-corrected chi connectivity index (χ3v) is 5.92. The van der Waals surface area contributed by atoms with Crippen LogP contribution in [0.3, 0.4) is 0 Å². The Morgan fingerprint density at radius 3 is 2.85 bits per heavy atom. The van der Waals surface area contributed by atoms with Crippen LogP contribution in [0, 0.1) is 5.82 Å². The van der Waals surface area contributed by atoms with Gasteiger partial charge in [-0.15, -0.1) is 10.2 Å². The third-order valence-electron chi connectivity index (χ3n) is 5.92. The molecule has 0 saturated carbocycles. The minimum atomic E-state index is -1.35. The minimum absolute atomic E-state index is 0.156. The van der Waals surface area contributed by atoms with E-state index < -0.39 is 11.4 Å². The number of piperidine rings is 1. The lowest BCUT2D eigenvalue weighted by Crippen LogP contribution is -2.50. The molecule has 2 atom stereocenters. The topological polar surface area (TPSA) is 60.2 Å². The number of likely N-dealkylation sites (tertiary alicyclic amines) is 1. The first-order valence-corrected chi connectivity index (χ1v) is 9.56. The second-order valence-corrected chi connectivity index (χ2v) is 7.54. The average Bonchev–Trinajstić information content (AvgIpc) is 3.31. The first-order chi connectivity index (χ1) is 13.0. The summed E-state index contributed by atoms with van der Waals surface area (Å²) in [5, 5.41) is 8.69. The van der Waals surface area contributed by atoms with E-state index in [9.17, 15) is 9.18 Å². The Labute approximate surface area is 158 Å². The van der Waals surface area contributed by atoms with Gasteiger partial charge in [0.2, 0.25) is 0 Å². The Morgan fingerprint density at radius 2 is 2.07 bits per heavy atom. The molecule has 2 aromatic rings. The van der Waals surface area contributed by atoms with E-state index in [1.807, 2.05) is 0 Å². The van der Waals surface area contributed by atoms with Gasteiger partial charge in [-0.3, -0.25) is 4.79 Å². The summed E-state index contributed by atoms with van der Waals surface area (Å²) in [6.45, 7) is 3.80. The zero-order valence-electron chi connectivity index (χ0n) is 15.8. The number of methoxy groups -OCH3 is 1. The number of hydrogen-bond donors (Lipinski definition) is 0. The van der Waals surface area contributed by atoms with E-state index in [0.29, 0.717) is 13.1 Å². The maximum absolute atomic E-state index is 14.4. The number of carbonyl (C=O) groups excluding carboxylic acids is 1. The Kier molecular flexibility index (Phi) is 4.72. The van der Waals surface area contributed by atoms with E-state index in [0.717, 1.165) is 43.9 Å². The molecule has 144 valence electrons. The monoisotopic (exact) mass is 372 g/mol. The van der Waals surface area contributed by atoms with Gasteiger partial charge in [-0.1, -0.05) is 18.2 Å². The van der Waals surface area contributed by atoms with Crippen LogP contribution in [0.2, 0.25) is 0 Å². The van der Waals surface area contributed by atoms with Crippen molar-refractivity contribution >= 4 is 5.91 Å². The summed E-state index contributed by atoms with van der Waals surface area (Å²) >= 11 is 0. The summed E-state index contributed by atoms with van der Waals surface area (Å²) in [7, 11) is 1.46. The summed E-state index contributed by atoms with van der Waals surface area (Å²) in [6.07, 6.45) is 3.93. The van der Waals surface area contributed by atoms with Crippen LogP contribution in [0.4, 0.5) is 4.39 Å². The standard InChI is InChI=1S/C20H25FN4O2/c1-20(27-2,15-8-3-4-9-16(15)21)19(26)24-11-5-7-14(13-24)18-23-22-17-10-6-12-25(17)18/h3-4,8-9,14H,5-7,10-13H2,1-2H3. The van der Waals surface area contributed by atoms with E-state index >= 15 is 0 Å². The lowest BCUT2D eigenvalue weighted by atomic mass is 9.90. The molecule has 2 unspecified atom stereocenters. The number of hydrogen-bond acceptors (Lipinski definition) is 4. The van der Waals surface area contributed by atoms with Gasteiger partial charge in [-0.2, -0.15) is 0 Å². The van der Waals surface area contributed by atoms with Crippen LogP contribution in [0.5, 0.6) is 0 Å². The molecule has 2 aliphatic heterocycles. The zero-order chi connectivity index (χ0) is 19.0. The molecule has 7 heteroatoms. The highest BCUT2D eigenvalue weighted by atomic mass is 19.1. The molecule has 4 rings (SSSR count). The fourth-order valence-electron chi connectivity index (χ4n) is 4.31. The summed E-state index contributed by atoms with van der Waals surface area (Å²) < 4.78 is 22.1. The van der Waals surface area contributed by atoms with Crippen LogP contribution in [-0.2, 0) is 28.1 Å². The molecule has 0 aliphatic carbocycles. The Bertz CT molecular complexity index is 852. The molecule has 1 aromatic carbocycles. The quantitative estimate of drug-likeness (QED) is 0.828. The largest absolute Gasteiger partial charge is 0.364 e. The van der Waals surface area contributed by atoms with Gasteiger partial charge in [0.1, 0.15) is 17.5 Å². The second-order valence-electron chi connectivity index (χ2n) is 7.54. The van der Waals surface area contributed by atoms with Crippen molar-refractivity contribution in [3.05, 3.63) is 47.3 Å². The van der Waals surface area contributed by atoms with Crippen LogP contribution in [-0.4, -0.2) is 45.8 Å². The lowest BCUT2D eigenvalue weighted by molar-refractivity contribution is -0.156. The average molecular weight is 372 g/mol. The normalized spacial score (nSPS) is 21.7. The molecule has 1 aromatic heterocycles. The molecule has 1 saturated heterocycles. The van der Waals surface area contributed by atoms with Crippen molar-refractivity contribution < 1.29 is 13.9 Å². The molecule has 0 radical (unpaired) electrons. The van der Waals surface area contributed by atoms with Crippen LogP contribution in [0.25, 0.3) is 0 Å². The van der Waals surface area contributed by atoms with Crippen molar-refractivity contribution in [2.24, 2.45) is 0 Å². The fourth-order valence-corrected chi connectivity index (χ4v) is 4.31. The number of aromatic nitrogens is 3. The van der Waals surface area contributed by atoms with Crippen molar-refractivity contribution in [3.63, 3.8) is 0 Å². The molecule has 27 heavy (non-hydrogen) atoms. The van der Waals surface area contributed by atoms with Crippen molar-refractivity contribution in [2.75, 3.05) is 20.2 Å². The number of nitrogens with zero attached hydrogens (tertiary/aromatic N) is 4. The van der Waals surface area contributed by atoms with Gasteiger partial charge in [-0.25, -0.2) is 4.39 Å². The van der Waals surface area contributed by atoms with E-state index in [4.69, 9.17) is 4.74 Å². The van der Waals surface area contributed by atoms with Crippen molar-refractivity contribution in [3.8, 4) is 0 Å². The molecular formula is C20H25FN4O2. The number of ether oxygens (including phenoxy) is 1. The Morgan fingerprint density at radius 1 is 1.26 bits per heavy atom.